The van der Waals surface area contributed by atoms with Gasteiger partial charge >= 0.3 is 0 Å². The Morgan fingerprint density at radius 2 is 1.96 bits per heavy atom. The van der Waals surface area contributed by atoms with Crippen LogP contribution in [0.1, 0.15) is 18.2 Å². The lowest BCUT2D eigenvalue weighted by Crippen LogP contribution is -2.02. The summed E-state index contributed by atoms with van der Waals surface area (Å²) in [5.41, 5.74) is 3.82. The lowest BCUT2D eigenvalue weighted by molar-refractivity contribution is 0.185. The van der Waals surface area contributed by atoms with Gasteiger partial charge in [-0.25, -0.2) is 9.97 Å². The minimum absolute atomic E-state index is 0.582. The Balaban J connectivity index is 1.92. The average Bonchev–Trinajstić information content (AvgIpc) is 2.63. The van der Waals surface area contributed by atoms with Crippen molar-refractivity contribution in [2.45, 2.75) is 20.0 Å². The zero-order valence-electron chi connectivity index (χ0n) is 13.9. The summed E-state index contributed by atoms with van der Waals surface area (Å²) in [4.78, 5) is 13.5. The van der Waals surface area contributed by atoms with E-state index in [4.69, 9.17) is 4.74 Å². The highest BCUT2D eigenvalue weighted by molar-refractivity contribution is 5.60. The average molecular weight is 320 g/mol. The number of aryl methyl sites for hydroxylation is 1. The number of methoxy groups -OCH3 is 1. The van der Waals surface area contributed by atoms with Crippen molar-refractivity contribution >= 4 is 11.5 Å². The van der Waals surface area contributed by atoms with E-state index in [1.165, 1.54) is 0 Å². The summed E-state index contributed by atoms with van der Waals surface area (Å²) < 4.78 is 5.18. The predicted molar refractivity (Wildman–Crippen MR) is 95.1 cm³/mol. The van der Waals surface area contributed by atoms with Crippen LogP contribution in [0.15, 0.2) is 54.7 Å². The first-order valence-corrected chi connectivity index (χ1v) is 7.92. The standard InChI is InChI=1S/C19H20N4O/c1-3-15-12-18(21-16-8-6-7-14(11-16)13-24-2)23-19(22-15)17-9-4-5-10-20-17/h4-12H,3,13H2,1-2H3,(H,21,22,23). The second kappa shape index (κ2) is 7.66. The topological polar surface area (TPSA) is 59.9 Å². The van der Waals surface area contributed by atoms with Gasteiger partial charge in [-0.15, -0.1) is 0 Å². The van der Waals surface area contributed by atoms with E-state index in [2.05, 4.69) is 33.3 Å². The Kier molecular flexibility index (Phi) is 5.13. The van der Waals surface area contributed by atoms with Gasteiger partial charge in [0.25, 0.3) is 0 Å². The van der Waals surface area contributed by atoms with Gasteiger partial charge < -0.3 is 10.1 Å². The van der Waals surface area contributed by atoms with Crippen molar-refractivity contribution in [2.24, 2.45) is 0 Å². The Bertz CT molecular complexity index is 805. The van der Waals surface area contributed by atoms with E-state index in [-0.39, 0.29) is 0 Å². The van der Waals surface area contributed by atoms with E-state index in [0.29, 0.717) is 12.4 Å². The summed E-state index contributed by atoms with van der Waals surface area (Å²) in [5, 5.41) is 3.35. The molecule has 5 nitrogen and oxygen atoms in total. The summed E-state index contributed by atoms with van der Waals surface area (Å²) in [6.07, 6.45) is 2.58. The number of hydrogen-bond acceptors (Lipinski definition) is 5. The molecule has 0 aliphatic heterocycles. The minimum atomic E-state index is 0.582. The van der Waals surface area contributed by atoms with Crippen LogP contribution in [0.25, 0.3) is 11.5 Å². The molecule has 0 fully saturated rings. The molecule has 0 saturated heterocycles. The van der Waals surface area contributed by atoms with Gasteiger partial charge in [-0.05, 0) is 36.2 Å². The highest BCUT2D eigenvalue weighted by atomic mass is 16.5. The maximum atomic E-state index is 5.18. The van der Waals surface area contributed by atoms with Crippen molar-refractivity contribution in [1.82, 2.24) is 15.0 Å². The van der Waals surface area contributed by atoms with Gasteiger partial charge in [-0.1, -0.05) is 25.1 Å². The number of pyridine rings is 1. The number of anilines is 2. The number of aromatic nitrogens is 3. The fraction of sp³-hybridized carbons (Fsp3) is 0.211. The van der Waals surface area contributed by atoms with Gasteiger partial charge in [-0.3, -0.25) is 4.98 Å². The Labute approximate surface area is 141 Å². The second-order valence-corrected chi connectivity index (χ2v) is 5.40. The smallest absolute Gasteiger partial charge is 0.180 e. The summed E-state index contributed by atoms with van der Waals surface area (Å²) in [6, 6.07) is 15.8. The van der Waals surface area contributed by atoms with Crippen LogP contribution in [0.5, 0.6) is 0 Å². The fourth-order valence-electron chi connectivity index (χ4n) is 2.41. The lowest BCUT2D eigenvalue weighted by Gasteiger charge is -2.10. The maximum absolute atomic E-state index is 5.18. The molecular weight excluding hydrogens is 300 g/mol. The quantitative estimate of drug-likeness (QED) is 0.744. The molecule has 122 valence electrons. The first-order valence-electron chi connectivity index (χ1n) is 7.92. The number of benzene rings is 1. The van der Waals surface area contributed by atoms with Crippen LogP contribution < -0.4 is 5.32 Å². The van der Waals surface area contributed by atoms with Crippen LogP contribution in [-0.2, 0) is 17.8 Å². The molecule has 0 aliphatic carbocycles. The fourth-order valence-corrected chi connectivity index (χ4v) is 2.41. The van der Waals surface area contributed by atoms with E-state index >= 15 is 0 Å². The van der Waals surface area contributed by atoms with E-state index in [9.17, 15) is 0 Å². The van der Waals surface area contributed by atoms with Crippen LogP contribution in [0.2, 0.25) is 0 Å². The molecule has 1 N–H and O–H groups in total. The van der Waals surface area contributed by atoms with Crippen LogP contribution in [0.3, 0.4) is 0 Å². The zero-order chi connectivity index (χ0) is 16.8. The molecule has 0 unspecified atom stereocenters. The highest BCUT2D eigenvalue weighted by Crippen LogP contribution is 2.20. The van der Waals surface area contributed by atoms with Crippen molar-refractivity contribution in [1.29, 1.82) is 0 Å². The summed E-state index contributed by atoms with van der Waals surface area (Å²) in [5.74, 6) is 1.39. The molecule has 0 radical (unpaired) electrons. The molecule has 2 heterocycles. The molecule has 1 aromatic carbocycles. The largest absolute Gasteiger partial charge is 0.380 e. The van der Waals surface area contributed by atoms with Gasteiger partial charge in [0.2, 0.25) is 0 Å². The Morgan fingerprint density at radius 1 is 1.04 bits per heavy atom. The highest BCUT2D eigenvalue weighted by Gasteiger charge is 2.07. The molecule has 0 aliphatic rings. The molecule has 0 amide bonds. The van der Waals surface area contributed by atoms with Crippen molar-refractivity contribution < 1.29 is 4.74 Å². The van der Waals surface area contributed by atoms with E-state index in [1.807, 2.05) is 42.5 Å². The monoisotopic (exact) mass is 320 g/mol. The summed E-state index contributed by atoms with van der Waals surface area (Å²) >= 11 is 0. The normalized spacial score (nSPS) is 10.6. The van der Waals surface area contributed by atoms with Crippen molar-refractivity contribution in [2.75, 3.05) is 12.4 Å². The Morgan fingerprint density at radius 3 is 2.71 bits per heavy atom. The third-order valence-corrected chi connectivity index (χ3v) is 3.55. The summed E-state index contributed by atoms with van der Waals surface area (Å²) in [6.45, 7) is 2.66. The molecule has 0 spiro atoms. The van der Waals surface area contributed by atoms with Crippen LogP contribution >= 0.6 is 0 Å². The molecule has 3 aromatic rings. The molecule has 0 saturated carbocycles. The number of ether oxygens (including phenoxy) is 1. The number of hydrogen-bond donors (Lipinski definition) is 1. The van der Waals surface area contributed by atoms with Gasteiger partial charge in [0.1, 0.15) is 11.5 Å². The molecular formula is C19H20N4O. The van der Waals surface area contributed by atoms with Crippen LogP contribution in [0, 0.1) is 0 Å². The van der Waals surface area contributed by atoms with Gasteiger partial charge in [0.05, 0.1) is 6.61 Å². The molecule has 5 heteroatoms. The second-order valence-electron chi connectivity index (χ2n) is 5.40. The predicted octanol–water partition coefficient (Wildman–Crippen LogP) is 3.99. The van der Waals surface area contributed by atoms with Gasteiger partial charge in [0, 0.05) is 30.8 Å². The van der Waals surface area contributed by atoms with E-state index in [0.717, 1.165) is 34.9 Å². The van der Waals surface area contributed by atoms with Gasteiger partial charge in [0.15, 0.2) is 5.82 Å². The third kappa shape index (κ3) is 3.94. The third-order valence-electron chi connectivity index (χ3n) is 3.55. The van der Waals surface area contributed by atoms with Crippen molar-refractivity contribution in [3.63, 3.8) is 0 Å². The first-order chi connectivity index (χ1) is 11.8. The lowest BCUT2D eigenvalue weighted by atomic mass is 10.2. The minimum Gasteiger partial charge on any atom is -0.380 e. The van der Waals surface area contributed by atoms with Crippen molar-refractivity contribution in [3.05, 3.63) is 66.0 Å². The molecule has 0 bridgehead atoms. The van der Waals surface area contributed by atoms with E-state index in [1.54, 1.807) is 13.3 Å². The van der Waals surface area contributed by atoms with E-state index < -0.39 is 0 Å². The van der Waals surface area contributed by atoms with Gasteiger partial charge in [-0.2, -0.15) is 0 Å². The summed E-state index contributed by atoms with van der Waals surface area (Å²) in [7, 11) is 1.69. The maximum Gasteiger partial charge on any atom is 0.180 e. The molecule has 0 atom stereocenters. The molecule has 24 heavy (non-hydrogen) atoms. The Hall–Kier alpha value is -2.79. The van der Waals surface area contributed by atoms with Crippen LogP contribution in [-0.4, -0.2) is 22.1 Å². The molecule has 2 aromatic heterocycles. The SMILES string of the molecule is CCc1cc(Nc2cccc(COC)c2)nc(-c2ccccn2)n1. The zero-order valence-corrected chi connectivity index (χ0v) is 13.9. The van der Waals surface area contributed by atoms with Crippen molar-refractivity contribution in [3.8, 4) is 11.5 Å². The number of nitrogens with one attached hydrogen (secondary N) is 1. The first kappa shape index (κ1) is 16.1. The number of nitrogens with zero attached hydrogens (tertiary/aromatic N) is 3. The van der Waals surface area contributed by atoms with Crippen LogP contribution in [0.4, 0.5) is 11.5 Å². The molecule has 3 rings (SSSR count). The number of rotatable bonds is 6.